The van der Waals surface area contributed by atoms with Crippen molar-refractivity contribution in [2.45, 2.75) is 32.3 Å². The van der Waals surface area contributed by atoms with Crippen LogP contribution in [-0.2, 0) is 4.74 Å². The van der Waals surface area contributed by atoms with Gasteiger partial charge in [0.2, 0.25) is 0 Å². The van der Waals surface area contributed by atoms with Crippen LogP contribution < -0.4 is 10.0 Å². The maximum absolute atomic E-state index is 5.20. The van der Waals surface area contributed by atoms with Gasteiger partial charge in [-0.25, -0.2) is 0 Å². The third-order valence-electron chi connectivity index (χ3n) is 2.32. The van der Waals surface area contributed by atoms with Crippen molar-refractivity contribution in [1.82, 2.24) is 10.0 Å². The van der Waals surface area contributed by atoms with Crippen LogP contribution in [0.2, 0.25) is 0 Å². The van der Waals surface area contributed by atoms with E-state index >= 15 is 0 Å². The minimum absolute atomic E-state index is 0.294. The van der Waals surface area contributed by atoms with Crippen molar-refractivity contribution >= 4 is 27.9 Å². The van der Waals surface area contributed by atoms with Crippen LogP contribution in [0.3, 0.4) is 0 Å². The zero-order valence-electron chi connectivity index (χ0n) is 11.5. The molecule has 106 valence electrons. The average Bonchev–Trinajstić information content (AvgIpc) is 2.39. The Balaban J connectivity index is 3.39. The van der Waals surface area contributed by atoms with E-state index < -0.39 is 0 Å². The van der Waals surface area contributed by atoms with E-state index in [1.54, 1.807) is 19.1 Å². The molecular weight excluding hydrogens is 312 g/mol. The topological polar surface area (TPSA) is 33.3 Å². The van der Waals surface area contributed by atoms with Crippen molar-refractivity contribution in [3.05, 3.63) is 22.8 Å². The summed E-state index contributed by atoms with van der Waals surface area (Å²) < 4.78 is 9.80. The largest absolute Gasteiger partial charge is 0.394 e. The second kappa shape index (κ2) is 13.5. The van der Waals surface area contributed by atoms with Crippen LogP contribution in [0.15, 0.2) is 22.8 Å². The normalized spacial score (nSPS) is 14.1. The number of hydrogen-bond donors (Lipinski definition) is 2. The Kier molecular flexibility index (Phi) is 13.5. The summed E-state index contributed by atoms with van der Waals surface area (Å²) in [7, 11) is 3.65. The molecule has 0 saturated carbocycles. The lowest BCUT2D eigenvalue weighted by atomic mass is 10.2. The summed E-state index contributed by atoms with van der Waals surface area (Å²) in [5, 5.41) is 2.97. The smallest absolute Gasteiger partial charge is 0.0578 e. The monoisotopic (exact) mass is 336 g/mol. The van der Waals surface area contributed by atoms with E-state index in [-0.39, 0.29) is 0 Å². The fourth-order valence-electron chi connectivity index (χ4n) is 1.13. The predicted molar refractivity (Wildman–Crippen MR) is 86.0 cm³/mol. The lowest BCUT2D eigenvalue weighted by Gasteiger charge is -2.06. The maximum Gasteiger partial charge on any atom is 0.0578 e. The van der Waals surface area contributed by atoms with Crippen LogP contribution >= 0.6 is 27.9 Å². The molecule has 0 bridgehead atoms. The molecule has 0 heterocycles. The zero-order valence-corrected chi connectivity index (χ0v) is 13.9. The number of halogens is 1. The van der Waals surface area contributed by atoms with Crippen LogP contribution in [0, 0.1) is 0 Å². The molecule has 5 heteroatoms. The highest BCUT2D eigenvalue weighted by molar-refractivity contribution is 9.11. The molecule has 0 radical (unpaired) electrons. The molecule has 0 fully saturated rings. The minimum Gasteiger partial charge on any atom is -0.394 e. The molecule has 0 aliphatic heterocycles. The molecule has 0 aromatic carbocycles. The quantitative estimate of drug-likeness (QED) is 0.447. The molecule has 3 nitrogen and oxygen atoms in total. The SMILES string of the molecule is CN/C=C\CCNSCC/C(Br)=C\CC(C)OC. The highest BCUT2D eigenvalue weighted by Gasteiger charge is 1.98. The number of hydrogen-bond acceptors (Lipinski definition) is 4. The van der Waals surface area contributed by atoms with Crippen LogP contribution in [0.5, 0.6) is 0 Å². The van der Waals surface area contributed by atoms with Crippen LogP contribution in [0.4, 0.5) is 0 Å². The second-order valence-corrected chi connectivity index (χ2v) is 5.91. The van der Waals surface area contributed by atoms with Gasteiger partial charge in [0.05, 0.1) is 6.10 Å². The molecule has 0 aliphatic carbocycles. The molecule has 1 atom stereocenters. The summed E-state index contributed by atoms with van der Waals surface area (Å²) in [6.45, 7) is 3.08. The Hall–Kier alpha value is 0.0300. The van der Waals surface area contributed by atoms with Gasteiger partial charge in [-0.1, -0.05) is 40.0 Å². The Morgan fingerprint density at radius 1 is 1.50 bits per heavy atom. The first-order valence-corrected chi connectivity index (χ1v) is 8.02. The minimum atomic E-state index is 0.294. The van der Waals surface area contributed by atoms with E-state index in [1.807, 2.05) is 13.2 Å². The number of nitrogens with one attached hydrogen (secondary N) is 2. The third-order valence-corrected chi connectivity index (χ3v) is 3.85. The number of methoxy groups -OCH3 is 1. The van der Waals surface area contributed by atoms with Gasteiger partial charge in [0.1, 0.15) is 0 Å². The van der Waals surface area contributed by atoms with Gasteiger partial charge in [-0.3, -0.25) is 4.72 Å². The van der Waals surface area contributed by atoms with E-state index in [9.17, 15) is 0 Å². The Morgan fingerprint density at radius 3 is 2.94 bits per heavy atom. The summed E-state index contributed by atoms with van der Waals surface area (Å²) in [6, 6.07) is 0. The van der Waals surface area contributed by atoms with E-state index in [1.165, 1.54) is 4.48 Å². The molecule has 0 amide bonds. The summed E-state index contributed by atoms with van der Waals surface area (Å²) in [4.78, 5) is 0. The average molecular weight is 337 g/mol. The van der Waals surface area contributed by atoms with Crippen molar-refractivity contribution in [1.29, 1.82) is 0 Å². The van der Waals surface area contributed by atoms with Gasteiger partial charge in [-0.2, -0.15) is 0 Å². The molecule has 0 saturated heterocycles. The summed E-state index contributed by atoms with van der Waals surface area (Å²) in [5.74, 6) is 1.08. The lowest BCUT2D eigenvalue weighted by Crippen LogP contribution is -2.06. The highest BCUT2D eigenvalue weighted by atomic mass is 79.9. The van der Waals surface area contributed by atoms with Crippen molar-refractivity contribution in [2.75, 3.05) is 26.5 Å². The van der Waals surface area contributed by atoms with Gasteiger partial charge < -0.3 is 10.1 Å². The predicted octanol–water partition coefficient (Wildman–Crippen LogP) is 3.44. The van der Waals surface area contributed by atoms with Crippen LogP contribution in [0.1, 0.15) is 26.2 Å². The zero-order chi connectivity index (χ0) is 13.6. The van der Waals surface area contributed by atoms with Crippen molar-refractivity contribution in [3.8, 4) is 0 Å². The number of ether oxygens (including phenoxy) is 1. The van der Waals surface area contributed by atoms with E-state index in [0.29, 0.717) is 6.10 Å². The number of rotatable bonds is 11. The van der Waals surface area contributed by atoms with Crippen LogP contribution in [0.25, 0.3) is 0 Å². The van der Waals surface area contributed by atoms with Gasteiger partial charge >= 0.3 is 0 Å². The summed E-state index contributed by atoms with van der Waals surface area (Å²) in [5.41, 5.74) is 0. The van der Waals surface area contributed by atoms with Gasteiger partial charge in [0.25, 0.3) is 0 Å². The van der Waals surface area contributed by atoms with Crippen molar-refractivity contribution < 1.29 is 4.74 Å². The third kappa shape index (κ3) is 12.5. The second-order valence-electron chi connectivity index (χ2n) is 3.91. The highest BCUT2D eigenvalue weighted by Crippen LogP contribution is 2.15. The van der Waals surface area contributed by atoms with Gasteiger partial charge in [0.15, 0.2) is 0 Å². The lowest BCUT2D eigenvalue weighted by molar-refractivity contribution is 0.121. The maximum atomic E-state index is 5.20. The molecule has 18 heavy (non-hydrogen) atoms. The molecular formula is C13H25BrN2OS. The molecule has 1 unspecified atom stereocenters. The van der Waals surface area contributed by atoms with Crippen LogP contribution in [-0.4, -0.2) is 32.6 Å². The molecule has 0 rings (SSSR count). The molecule has 0 aromatic rings. The van der Waals surface area contributed by atoms with E-state index in [4.69, 9.17) is 4.74 Å². The molecule has 0 aliphatic rings. The van der Waals surface area contributed by atoms with E-state index in [2.05, 4.69) is 45.0 Å². The van der Waals surface area contributed by atoms with Gasteiger partial charge in [-0.05, 0) is 36.9 Å². The first kappa shape index (κ1) is 18.0. The Morgan fingerprint density at radius 2 is 2.28 bits per heavy atom. The molecule has 0 spiro atoms. The Labute approximate surface area is 124 Å². The van der Waals surface area contributed by atoms with Gasteiger partial charge in [-0.15, -0.1) is 0 Å². The van der Waals surface area contributed by atoms with E-state index in [0.717, 1.165) is 31.6 Å². The van der Waals surface area contributed by atoms with Gasteiger partial charge in [0, 0.05) is 26.5 Å². The first-order chi connectivity index (χ1) is 8.70. The van der Waals surface area contributed by atoms with Crippen molar-refractivity contribution in [3.63, 3.8) is 0 Å². The summed E-state index contributed by atoms with van der Waals surface area (Å²) >= 11 is 5.36. The Bertz CT molecular complexity index is 247. The fourth-order valence-corrected chi connectivity index (χ4v) is 2.50. The van der Waals surface area contributed by atoms with Crippen molar-refractivity contribution in [2.24, 2.45) is 0 Å². The number of allylic oxidation sites excluding steroid dienone is 1. The fraction of sp³-hybridized carbons (Fsp3) is 0.692. The summed E-state index contributed by atoms with van der Waals surface area (Å²) in [6.07, 6.45) is 9.64. The standard InChI is InChI=1S/C13H25BrN2OS/c1-12(17-3)6-7-13(14)8-11-18-16-10-5-4-9-15-2/h4,7,9,12,15-16H,5-6,8,10-11H2,1-3H3/b9-4-,13-7+. The molecule has 2 N–H and O–H groups in total. The molecule has 0 aromatic heterocycles. The first-order valence-electron chi connectivity index (χ1n) is 6.25.